The highest BCUT2D eigenvalue weighted by molar-refractivity contribution is 6.27. The van der Waals surface area contributed by atoms with E-state index in [4.69, 9.17) is 16.6 Å². The van der Waals surface area contributed by atoms with Gasteiger partial charge in [0.05, 0.1) is 17.4 Å². The first-order chi connectivity index (χ1) is 21.7. The molecule has 2 aliphatic rings. The third-order valence-corrected chi connectivity index (χ3v) is 8.76. The number of hydrogen-bond donors (Lipinski definition) is 3. The number of Topliss-reactive ketones (excluding diaryl/α,β-unsaturated/α-hetero) is 1. The number of anilines is 3. The number of fused-ring (bicyclic) bond motifs is 1. The van der Waals surface area contributed by atoms with Crippen molar-refractivity contribution in [1.29, 1.82) is 0 Å². The van der Waals surface area contributed by atoms with Gasteiger partial charge in [0.1, 0.15) is 17.3 Å². The Hall–Kier alpha value is -4.10. The van der Waals surface area contributed by atoms with Gasteiger partial charge in [0.15, 0.2) is 5.78 Å². The van der Waals surface area contributed by atoms with Crippen LogP contribution in [0.1, 0.15) is 61.0 Å². The van der Waals surface area contributed by atoms with Crippen molar-refractivity contribution in [2.24, 2.45) is 0 Å². The Labute approximate surface area is 266 Å². The molecule has 0 radical (unpaired) electrons. The van der Waals surface area contributed by atoms with Gasteiger partial charge < -0.3 is 20.9 Å². The summed E-state index contributed by atoms with van der Waals surface area (Å²) < 4.78 is 1.70. The van der Waals surface area contributed by atoms with E-state index in [2.05, 4.69) is 35.7 Å². The molecular weight excluding hydrogens is 598 g/mol. The number of nitrogens with one attached hydrogen (secondary N) is 3. The molecule has 2 fully saturated rings. The normalized spacial score (nSPS) is 15.8. The van der Waals surface area contributed by atoms with Crippen LogP contribution < -0.4 is 26.4 Å². The first-order valence-electron chi connectivity index (χ1n) is 15.5. The average Bonchev–Trinajstić information content (AvgIpc) is 3.57. The molecule has 3 aromatic rings. The number of ketones is 1. The predicted molar refractivity (Wildman–Crippen MR) is 174 cm³/mol. The number of nitrogens with zero attached hydrogens (tertiary/aromatic N) is 6. The van der Waals surface area contributed by atoms with Gasteiger partial charge in [-0.1, -0.05) is 12.8 Å². The molecule has 14 heteroatoms. The van der Waals surface area contributed by atoms with Crippen LogP contribution in [-0.4, -0.2) is 93.7 Å². The summed E-state index contributed by atoms with van der Waals surface area (Å²) in [7, 11) is 0. The Kier molecular flexibility index (Phi) is 10.6. The number of piperazine rings is 1. The molecule has 0 spiro atoms. The minimum atomic E-state index is -0.278. The lowest BCUT2D eigenvalue weighted by atomic mass is 10.0. The van der Waals surface area contributed by atoms with E-state index in [0.29, 0.717) is 54.4 Å². The highest BCUT2D eigenvalue weighted by Gasteiger charge is 2.26. The first kappa shape index (κ1) is 32.3. The van der Waals surface area contributed by atoms with Gasteiger partial charge in [-0.3, -0.25) is 28.6 Å². The van der Waals surface area contributed by atoms with Crippen molar-refractivity contribution >= 4 is 57.7 Å². The first-order valence-corrected chi connectivity index (χ1v) is 16.0. The Morgan fingerprint density at radius 2 is 1.69 bits per heavy atom. The van der Waals surface area contributed by atoms with Crippen LogP contribution >= 0.6 is 11.6 Å². The fourth-order valence-corrected chi connectivity index (χ4v) is 6.19. The van der Waals surface area contributed by atoms with Crippen molar-refractivity contribution in [3.8, 4) is 0 Å². The van der Waals surface area contributed by atoms with Crippen LogP contribution in [0.5, 0.6) is 0 Å². The molecule has 4 heterocycles. The van der Waals surface area contributed by atoms with E-state index in [9.17, 15) is 19.2 Å². The monoisotopic (exact) mass is 637 g/mol. The lowest BCUT2D eigenvalue weighted by molar-refractivity contribution is -0.122. The van der Waals surface area contributed by atoms with Crippen LogP contribution in [0.25, 0.3) is 11.0 Å². The van der Waals surface area contributed by atoms with Gasteiger partial charge in [0.25, 0.3) is 5.56 Å². The molecule has 240 valence electrons. The Balaban J connectivity index is 1.17. The smallest absolute Gasteiger partial charge is 0.263 e. The minimum absolute atomic E-state index is 0.0125. The zero-order valence-corrected chi connectivity index (χ0v) is 26.5. The molecule has 1 saturated heterocycles. The fraction of sp³-hybridized carbons (Fsp3) is 0.516. The summed E-state index contributed by atoms with van der Waals surface area (Å²) in [5.74, 6) is 0.284. The number of alkyl halides is 1. The van der Waals surface area contributed by atoms with Crippen LogP contribution in [0.15, 0.2) is 29.3 Å². The Bertz CT molecular complexity index is 1600. The van der Waals surface area contributed by atoms with Gasteiger partial charge in [-0.05, 0) is 44.4 Å². The van der Waals surface area contributed by atoms with Crippen molar-refractivity contribution in [1.82, 2.24) is 35.1 Å². The van der Waals surface area contributed by atoms with E-state index in [1.54, 1.807) is 17.7 Å². The number of hydrogen-bond acceptors (Lipinski definition) is 10. The molecule has 2 amide bonds. The third kappa shape index (κ3) is 7.77. The number of pyridine rings is 2. The average molecular weight is 638 g/mol. The summed E-state index contributed by atoms with van der Waals surface area (Å²) in [6, 6.07) is 3.89. The van der Waals surface area contributed by atoms with Crippen molar-refractivity contribution in [2.45, 2.75) is 52.0 Å². The number of aromatic nitrogens is 4. The molecule has 0 unspecified atom stereocenters. The molecule has 0 atom stereocenters. The summed E-state index contributed by atoms with van der Waals surface area (Å²) in [4.78, 5) is 67.4. The molecule has 1 aliphatic carbocycles. The standard InChI is InChI=1S/C31H40ClN9O4/c1-20-24-19-36-31(38-29(24)41(22-5-3-4-6-22)30(45)28(20)21(2)42)37-25-8-7-23(18-35-25)40-15-13-39(14-16-40)12-9-26(43)33-10-11-34-27(44)17-32/h7-8,18-19,22H,3-6,9-17H2,1-2H3,(H,33,43)(H,34,44)(H,35,36,37,38). The second-order valence-electron chi connectivity index (χ2n) is 11.5. The summed E-state index contributed by atoms with van der Waals surface area (Å²) in [5, 5.41) is 9.30. The second kappa shape index (κ2) is 14.8. The van der Waals surface area contributed by atoms with Crippen molar-refractivity contribution in [2.75, 3.05) is 61.9 Å². The van der Waals surface area contributed by atoms with Gasteiger partial charge in [-0.2, -0.15) is 4.98 Å². The van der Waals surface area contributed by atoms with Crippen LogP contribution in [0.3, 0.4) is 0 Å². The minimum Gasteiger partial charge on any atom is -0.368 e. The maximum atomic E-state index is 13.5. The number of carbonyl (C=O) groups is 3. The maximum Gasteiger partial charge on any atom is 0.263 e. The van der Waals surface area contributed by atoms with Crippen LogP contribution in [0.4, 0.5) is 17.5 Å². The van der Waals surface area contributed by atoms with Gasteiger partial charge in [-0.15, -0.1) is 11.6 Å². The summed E-state index contributed by atoms with van der Waals surface area (Å²) in [5.41, 5.74) is 2.08. The van der Waals surface area contributed by atoms with Crippen molar-refractivity contribution < 1.29 is 14.4 Å². The van der Waals surface area contributed by atoms with Gasteiger partial charge in [0, 0.05) is 69.9 Å². The van der Waals surface area contributed by atoms with Crippen LogP contribution in [0.2, 0.25) is 0 Å². The maximum absolute atomic E-state index is 13.5. The largest absolute Gasteiger partial charge is 0.368 e. The molecular formula is C31H40ClN9O4. The number of amides is 2. The molecule has 5 rings (SSSR count). The molecule has 3 N–H and O–H groups in total. The van der Waals surface area contributed by atoms with Crippen molar-refractivity contribution in [3.63, 3.8) is 0 Å². The fourth-order valence-electron chi connectivity index (χ4n) is 6.10. The molecule has 13 nitrogen and oxygen atoms in total. The molecule has 1 saturated carbocycles. The number of halogens is 1. The van der Waals surface area contributed by atoms with E-state index in [1.807, 2.05) is 18.3 Å². The van der Waals surface area contributed by atoms with E-state index in [0.717, 1.165) is 57.5 Å². The zero-order chi connectivity index (χ0) is 31.9. The molecule has 0 bridgehead atoms. The summed E-state index contributed by atoms with van der Waals surface area (Å²) in [6.07, 6.45) is 7.74. The van der Waals surface area contributed by atoms with Crippen LogP contribution in [0, 0.1) is 6.92 Å². The number of aryl methyl sites for hydroxylation is 1. The topological polar surface area (TPSA) is 154 Å². The third-order valence-electron chi connectivity index (χ3n) is 8.52. The zero-order valence-electron chi connectivity index (χ0n) is 25.8. The van der Waals surface area contributed by atoms with Gasteiger partial charge in [0.2, 0.25) is 17.8 Å². The van der Waals surface area contributed by atoms with E-state index in [-0.39, 0.29) is 40.6 Å². The summed E-state index contributed by atoms with van der Waals surface area (Å²) in [6.45, 7) is 7.91. The summed E-state index contributed by atoms with van der Waals surface area (Å²) >= 11 is 5.44. The van der Waals surface area contributed by atoms with Crippen LogP contribution in [-0.2, 0) is 9.59 Å². The number of carbonyl (C=O) groups excluding carboxylic acids is 3. The highest BCUT2D eigenvalue weighted by Crippen LogP contribution is 2.32. The Morgan fingerprint density at radius 3 is 2.33 bits per heavy atom. The Morgan fingerprint density at radius 1 is 0.978 bits per heavy atom. The lowest BCUT2D eigenvalue weighted by Gasteiger charge is -2.35. The molecule has 0 aromatic carbocycles. The lowest BCUT2D eigenvalue weighted by Crippen LogP contribution is -2.47. The van der Waals surface area contributed by atoms with E-state index < -0.39 is 0 Å². The number of rotatable bonds is 12. The van der Waals surface area contributed by atoms with E-state index >= 15 is 0 Å². The predicted octanol–water partition coefficient (Wildman–Crippen LogP) is 2.54. The quantitative estimate of drug-likeness (QED) is 0.153. The second-order valence-corrected chi connectivity index (χ2v) is 11.8. The molecule has 1 aliphatic heterocycles. The van der Waals surface area contributed by atoms with E-state index in [1.165, 1.54) is 6.92 Å². The molecule has 3 aromatic heterocycles. The molecule has 45 heavy (non-hydrogen) atoms. The van der Waals surface area contributed by atoms with Crippen molar-refractivity contribution in [3.05, 3.63) is 46.0 Å². The highest BCUT2D eigenvalue weighted by atomic mass is 35.5. The van der Waals surface area contributed by atoms with Gasteiger partial charge in [-0.25, -0.2) is 9.97 Å². The van der Waals surface area contributed by atoms with Gasteiger partial charge >= 0.3 is 0 Å². The SMILES string of the molecule is CC(=O)c1c(C)c2cnc(Nc3ccc(N4CCN(CCC(=O)NCCNC(=O)CCl)CC4)cn3)nc2n(C2CCCC2)c1=O.